The lowest BCUT2D eigenvalue weighted by molar-refractivity contribution is -0.144. The predicted molar refractivity (Wildman–Crippen MR) is 109 cm³/mol. The molecule has 0 aromatic carbocycles. The van der Waals surface area contributed by atoms with Crippen LogP contribution in [0.2, 0.25) is 0 Å². The summed E-state index contributed by atoms with van der Waals surface area (Å²) in [6, 6.07) is -1.54. The van der Waals surface area contributed by atoms with Crippen LogP contribution in [-0.2, 0) is 14.3 Å². The van der Waals surface area contributed by atoms with Crippen LogP contribution >= 0.6 is 0 Å². The van der Waals surface area contributed by atoms with Crippen molar-refractivity contribution in [3.63, 3.8) is 0 Å². The summed E-state index contributed by atoms with van der Waals surface area (Å²) in [7, 11) is 0. The van der Waals surface area contributed by atoms with Gasteiger partial charge in [0.2, 0.25) is 11.8 Å². The largest absolute Gasteiger partial charge is 0.391 e. The average molecular weight is 456 g/mol. The van der Waals surface area contributed by atoms with Crippen LogP contribution in [0.1, 0.15) is 64.1 Å². The third kappa shape index (κ3) is 4.93. The first kappa shape index (κ1) is 23.0. The van der Waals surface area contributed by atoms with Gasteiger partial charge in [-0.25, -0.2) is 13.5 Å². The molecular formula is C21H31F2N5O4. The molecule has 2 aliphatic carbocycles. The molecule has 4 atom stereocenters. The van der Waals surface area contributed by atoms with Gasteiger partial charge in [-0.2, -0.15) is 0 Å². The number of nitrogens with zero attached hydrogens (tertiary/aromatic N) is 4. The van der Waals surface area contributed by atoms with Gasteiger partial charge >= 0.3 is 0 Å². The van der Waals surface area contributed by atoms with Crippen molar-refractivity contribution < 1.29 is 28.2 Å². The number of amides is 2. The number of ether oxygens (including phenoxy) is 1. The number of likely N-dealkylation sites (tertiary alicyclic amines) is 1. The van der Waals surface area contributed by atoms with Gasteiger partial charge in [-0.1, -0.05) is 26.0 Å². The van der Waals surface area contributed by atoms with Crippen molar-refractivity contribution in [1.29, 1.82) is 0 Å². The highest BCUT2D eigenvalue weighted by Gasteiger charge is 2.58. The average Bonchev–Trinajstić information content (AvgIpc) is 3.53. The zero-order chi connectivity index (χ0) is 23.3. The molecule has 1 saturated heterocycles. The number of alkyl halides is 2. The Morgan fingerprint density at radius 3 is 2.66 bits per heavy atom. The van der Waals surface area contributed by atoms with E-state index in [-0.39, 0.29) is 38.4 Å². The van der Waals surface area contributed by atoms with E-state index in [2.05, 4.69) is 15.6 Å². The van der Waals surface area contributed by atoms with E-state index in [0.29, 0.717) is 5.92 Å². The zero-order valence-electron chi connectivity index (χ0n) is 18.6. The molecule has 1 aliphatic heterocycles. The van der Waals surface area contributed by atoms with Crippen LogP contribution in [0.15, 0.2) is 6.20 Å². The van der Waals surface area contributed by atoms with Crippen molar-refractivity contribution in [3.05, 3.63) is 11.9 Å². The number of aliphatic hydroxyl groups excluding tert-OH is 1. The van der Waals surface area contributed by atoms with Gasteiger partial charge in [0.05, 0.1) is 18.4 Å². The van der Waals surface area contributed by atoms with Crippen LogP contribution in [0.4, 0.5) is 8.78 Å². The fraction of sp³-hybridized carbons (Fsp3) is 0.810. The van der Waals surface area contributed by atoms with E-state index in [9.17, 15) is 23.5 Å². The Morgan fingerprint density at radius 2 is 2.06 bits per heavy atom. The third-order valence-electron chi connectivity index (χ3n) is 6.20. The molecule has 1 aromatic rings. The zero-order valence-corrected chi connectivity index (χ0v) is 18.6. The number of hydrogen-bond donors (Lipinski definition) is 2. The SMILES string of the molecule is CC(C)(C)[C@@H](C(=O)N1CC(O)CC1C(=O)NCCOC1CC1(F)F)n1cc(C2CC2)nn1. The molecule has 2 N–H and O–H groups in total. The lowest BCUT2D eigenvalue weighted by atomic mass is 9.85. The summed E-state index contributed by atoms with van der Waals surface area (Å²) in [5.74, 6) is -3.13. The molecule has 0 spiro atoms. The summed E-state index contributed by atoms with van der Waals surface area (Å²) in [5, 5.41) is 21.3. The number of rotatable bonds is 8. The maximum Gasteiger partial charge on any atom is 0.276 e. The van der Waals surface area contributed by atoms with Crippen molar-refractivity contribution in [2.75, 3.05) is 19.7 Å². The predicted octanol–water partition coefficient (Wildman–Crippen LogP) is 1.24. The molecule has 2 saturated carbocycles. The molecule has 178 valence electrons. The van der Waals surface area contributed by atoms with Gasteiger partial charge < -0.3 is 20.1 Å². The van der Waals surface area contributed by atoms with Gasteiger partial charge in [0.25, 0.3) is 5.92 Å². The number of aromatic nitrogens is 3. The van der Waals surface area contributed by atoms with Crippen LogP contribution < -0.4 is 5.32 Å². The topological polar surface area (TPSA) is 110 Å². The Kier molecular flexibility index (Phi) is 6.00. The monoisotopic (exact) mass is 455 g/mol. The minimum absolute atomic E-state index is 0.0390. The summed E-state index contributed by atoms with van der Waals surface area (Å²) < 4.78 is 32.4. The number of aliphatic hydroxyl groups is 1. The molecular weight excluding hydrogens is 424 g/mol. The number of hydrogen-bond acceptors (Lipinski definition) is 6. The molecule has 0 radical (unpaired) electrons. The van der Waals surface area contributed by atoms with Gasteiger partial charge in [-0.15, -0.1) is 5.10 Å². The van der Waals surface area contributed by atoms with Crippen molar-refractivity contribution >= 4 is 11.8 Å². The normalized spacial score (nSPS) is 27.9. The fourth-order valence-electron chi connectivity index (χ4n) is 4.19. The van der Waals surface area contributed by atoms with Gasteiger partial charge in [-0.3, -0.25) is 9.59 Å². The van der Waals surface area contributed by atoms with E-state index in [1.807, 2.05) is 20.8 Å². The molecule has 3 aliphatic rings. The number of carbonyl (C=O) groups excluding carboxylic acids is 2. The Hall–Kier alpha value is -2.14. The number of β-amino-alcohol motifs (C(OH)–C–C–N with tert-alkyl or cyclic N) is 1. The van der Waals surface area contributed by atoms with Crippen LogP contribution in [-0.4, -0.2) is 80.7 Å². The third-order valence-corrected chi connectivity index (χ3v) is 6.20. The van der Waals surface area contributed by atoms with Crippen LogP contribution in [0, 0.1) is 5.41 Å². The second-order valence-electron chi connectivity index (χ2n) is 10.2. The Balaban J connectivity index is 1.41. The summed E-state index contributed by atoms with van der Waals surface area (Å²) in [6.45, 7) is 5.81. The lowest BCUT2D eigenvalue weighted by Crippen LogP contribution is -2.50. The number of nitrogens with one attached hydrogen (secondary N) is 1. The van der Waals surface area contributed by atoms with Gasteiger partial charge in [0.15, 0.2) is 0 Å². The molecule has 3 fully saturated rings. The van der Waals surface area contributed by atoms with Gasteiger partial charge in [0.1, 0.15) is 18.2 Å². The van der Waals surface area contributed by atoms with Crippen molar-refractivity contribution in [2.45, 2.75) is 82.6 Å². The summed E-state index contributed by atoms with van der Waals surface area (Å²) in [4.78, 5) is 27.7. The molecule has 1 aromatic heterocycles. The maximum absolute atomic E-state index is 13.6. The number of carbonyl (C=O) groups is 2. The van der Waals surface area contributed by atoms with E-state index in [4.69, 9.17) is 4.74 Å². The lowest BCUT2D eigenvalue weighted by Gasteiger charge is -2.34. The first-order chi connectivity index (χ1) is 15.0. The molecule has 2 amide bonds. The quantitative estimate of drug-likeness (QED) is 0.571. The van der Waals surface area contributed by atoms with Crippen molar-refractivity contribution in [3.8, 4) is 0 Å². The summed E-state index contributed by atoms with van der Waals surface area (Å²) >= 11 is 0. The summed E-state index contributed by atoms with van der Waals surface area (Å²) in [6.07, 6.45) is 1.84. The molecule has 4 rings (SSSR count). The smallest absolute Gasteiger partial charge is 0.276 e. The first-order valence-corrected chi connectivity index (χ1v) is 11.1. The minimum Gasteiger partial charge on any atom is -0.391 e. The first-order valence-electron chi connectivity index (χ1n) is 11.1. The van der Waals surface area contributed by atoms with E-state index in [0.717, 1.165) is 18.5 Å². The fourth-order valence-corrected chi connectivity index (χ4v) is 4.19. The molecule has 11 heteroatoms. The van der Waals surface area contributed by atoms with Gasteiger partial charge in [-0.05, 0) is 18.3 Å². The standard InChI is InChI=1S/C21H31F2N5O4/c1-20(2,3)17(28-11-14(25-26-28)12-4-5-12)19(31)27-10-13(29)8-15(27)18(30)24-6-7-32-16-9-21(16,22)23/h11-13,15-17,29H,4-10H2,1-3H3,(H,24,30)/t13?,15?,16?,17-/m1/s1. The molecule has 3 unspecified atom stereocenters. The minimum atomic E-state index is -2.77. The molecule has 2 heterocycles. The Labute approximate surface area is 185 Å². The highest BCUT2D eigenvalue weighted by molar-refractivity contribution is 5.90. The van der Waals surface area contributed by atoms with Crippen molar-refractivity contribution in [2.24, 2.45) is 5.41 Å². The second kappa shape index (κ2) is 8.33. The molecule has 32 heavy (non-hydrogen) atoms. The van der Waals surface area contributed by atoms with Crippen LogP contribution in [0.5, 0.6) is 0 Å². The maximum atomic E-state index is 13.6. The van der Waals surface area contributed by atoms with Crippen LogP contribution in [0.25, 0.3) is 0 Å². The molecule has 0 bridgehead atoms. The van der Waals surface area contributed by atoms with Gasteiger partial charge in [0, 0.05) is 38.0 Å². The summed E-state index contributed by atoms with van der Waals surface area (Å²) in [5.41, 5.74) is 0.354. The van der Waals surface area contributed by atoms with Crippen molar-refractivity contribution in [1.82, 2.24) is 25.2 Å². The highest BCUT2D eigenvalue weighted by Crippen LogP contribution is 2.44. The van der Waals surface area contributed by atoms with E-state index in [1.165, 1.54) is 4.90 Å². The second-order valence-corrected chi connectivity index (χ2v) is 10.2. The van der Waals surface area contributed by atoms with E-state index in [1.54, 1.807) is 10.9 Å². The van der Waals surface area contributed by atoms with Crippen LogP contribution in [0.3, 0.4) is 0 Å². The molecule has 9 nitrogen and oxygen atoms in total. The van der Waals surface area contributed by atoms with E-state index < -0.39 is 41.5 Å². The Bertz CT molecular complexity index is 867. The Morgan fingerprint density at radius 1 is 1.38 bits per heavy atom. The highest BCUT2D eigenvalue weighted by atomic mass is 19.3. The number of halogens is 2. The van der Waals surface area contributed by atoms with E-state index >= 15 is 0 Å².